The fourth-order valence-corrected chi connectivity index (χ4v) is 2.96. The zero-order valence-electron chi connectivity index (χ0n) is 16.1. The molecule has 0 amide bonds. The molecule has 2 aliphatic rings. The minimum atomic E-state index is 0. The molecule has 1 saturated carbocycles. The van der Waals surface area contributed by atoms with Gasteiger partial charge in [0.05, 0.1) is 26.4 Å². The predicted molar refractivity (Wildman–Crippen MR) is 114 cm³/mol. The molecule has 1 aliphatic carbocycles. The summed E-state index contributed by atoms with van der Waals surface area (Å²) < 4.78 is 11.2. The van der Waals surface area contributed by atoms with E-state index in [0.717, 1.165) is 71.0 Å². The van der Waals surface area contributed by atoms with Gasteiger partial charge in [0, 0.05) is 38.8 Å². The van der Waals surface area contributed by atoms with Crippen LogP contribution in [0.4, 0.5) is 0 Å². The number of halogens is 1. The largest absolute Gasteiger partial charge is 0.379 e. The molecular weight excluding hydrogens is 431 g/mol. The van der Waals surface area contributed by atoms with Crippen LogP contribution in [0.25, 0.3) is 0 Å². The molecule has 148 valence electrons. The Hall–Kier alpha value is -0.120. The smallest absolute Gasteiger partial charge is 0.191 e. The number of nitrogens with zero attached hydrogens (tertiary/aromatic N) is 2. The number of ether oxygens (including phenoxy) is 2. The summed E-state index contributed by atoms with van der Waals surface area (Å²) >= 11 is 0. The first-order valence-electron chi connectivity index (χ1n) is 9.62. The number of rotatable bonds is 10. The molecule has 0 aromatic heterocycles. The molecule has 0 aromatic rings. The average molecular weight is 468 g/mol. The SMILES string of the molecule is CCNC(=NCC(C(C)C)N1CCOCC1)NCCOCC1CC1.I. The van der Waals surface area contributed by atoms with E-state index < -0.39 is 0 Å². The first-order chi connectivity index (χ1) is 11.7. The first kappa shape index (κ1) is 22.9. The Morgan fingerprint density at radius 1 is 1.24 bits per heavy atom. The van der Waals surface area contributed by atoms with E-state index in [9.17, 15) is 0 Å². The second-order valence-corrected chi connectivity index (χ2v) is 7.12. The summed E-state index contributed by atoms with van der Waals surface area (Å²) in [4.78, 5) is 7.33. The monoisotopic (exact) mass is 468 g/mol. The molecule has 0 radical (unpaired) electrons. The first-order valence-corrected chi connectivity index (χ1v) is 9.62. The fraction of sp³-hybridized carbons (Fsp3) is 0.944. The van der Waals surface area contributed by atoms with Crippen molar-refractivity contribution in [2.45, 2.75) is 39.7 Å². The second-order valence-electron chi connectivity index (χ2n) is 7.12. The standard InChI is InChI=1S/C18H36N4O2.HI/c1-4-19-18(20-7-10-24-14-16-5-6-16)21-13-17(15(2)3)22-8-11-23-12-9-22;/h15-17H,4-14H2,1-3H3,(H2,19,20,21);1H. The van der Waals surface area contributed by atoms with Gasteiger partial charge in [0.25, 0.3) is 0 Å². The van der Waals surface area contributed by atoms with E-state index in [1.165, 1.54) is 12.8 Å². The number of hydrogen-bond donors (Lipinski definition) is 2. The van der Waals surface area contributed by atoms with Gasteiger partial charge in [-0.1, -0.05) is 13.8 Å². The maximum Gasteiger partial charge on any atom is 0.191 e. The Bertz CT molecular complexity index is 372. The lowest BCUT2D eigenvalue weighted by Gasteiger charge is -2.36. The van der Waals surface area contributed by atoms with Crippen molar-refractivity contribution in [2.24, 2.45) is 16.8 Å². The summed E-state index contributed by atoms with van der Waals surface area (Å²) in [6, 6.07) is 0.468. The van der Waals surface area contributed by atoms with Crippen molar-refractivity contribution in [1.29, 1.82) is 0 Å². The lowest BCUT2D eigenvalue weighted by Crippen LogP contribution is -2.48. The van der Waals surface area contributed by atoms with Crippen molar-refractivity contribution < 1.29 is 9.47 Å². The molecule has 2 N–H and O–H groups in total. The molecule has 7 heteroatoms. The maximum absolute atomic E-state index is 5.68. The number of nitrogens with one attached hydrogen (secondary N) is 2. The fourth-order valence-electron chi connectivity index (χ4n) is 2.96. The van der Waals surface area contributed by atoms with Crippen LogP contribution in [0.1, 0.15) is 33.6 Å². The van der Waals surface area contributed by atoms with Crippen molar-refractivity contribution in [3.05, 3.63) is 0 Å². The van der Waals surface area contributed by atoms with E-state index in [2.05, 4.69) is 36.3 Å². The summed E-state index contributed by atoms with van der Waals surface area (Å²) in [7, 11) is 0. The summed E-state index contributed by atoms with van der Waals surface area (Å²) in [6.45, 7) is 14.5. The molecule has 0 bridgehead atoms. The van der Waals surface area contributed by atoms with Crippen LogP contribution < -0.4 is 10.6 Å². The van der Waals surface area contributed by atoms with Crippen LogP contribution in [0, 0.1) is 11.8 Å². The van der Waals surface area contributed by atoms with Crippen LogP contribution in [0.5, 0.6) is 0 Å². The maximum atomic E-state index is 5.68. The summed E-state index contributed by atoms with van der Waals surface area (Å²) in [5.74, 6) is 2.30. The van der Waals surface area contributed by atoms with Crippen LogP contribution in [0.2, 0.25) is 0 Å². The third-order valence-electron chi connectivity index (χ3n) is 4.65. The van der Waals surface area contributed by atoms with Crippen molar-refractivity contribution in [3.8, 4) is 0 Å². The lowest BCUT2D eigenvalue weighted by atomic mass is 10.0. The molecule has 1 unspecified atom stereocenters. The Balaban J connectivity index is 0.00000312. The Morgan fingerprint density at radius 3 is 2.56 bits per heavy atom. The average Bonchev–Trinajstić information content (AvgIpc) is 3.39. The van der Waals surface area contributed by atoms with Crippen LogP contribution in [-0.2, 0) is 9.47 Å². The highest BCUT2D eigenvalue weighted by molar-refractivity contribution is 14.0. The molecule has 1 aliphatic heterocycles. The van der Waals surface area contributed by atoms with Crippen LogP contribution in [-0.4, -0.2) is 76.1 Å². The zero-order chi connectivity index (χ0) is 17.2. The molecule has 1 saturated heterocycles. The Kier molecular flexibility index (Phi) is 12.0. The van der Waals surface area contributed by atoms with Gasteiger partial charge in [-0.25, -0.2) is 0 Å². The molecule has 0 spiro atoms. The Labute approximate surface area is 170 Å². The highest BCUT2D eigenvalue weighted by Gasteiger charge is 2.23. The lowest BCUT2D eigenvalue weighted by molar-refractivity contribution is 0.00867. The summed E-state index contributed by atoms with van der Waals surface area (Å²) in [5.41, 5.74) is 0. The molecule has 0 aromatic carbocycles. The quantitative estimate of drug-likeness (QED) is 0.222. The molecule has 1 atom stereocenters. The van der Waals surface area contributed by atoms with Gasteiger partial charge in [-0.05, 0) is 31.6 Å². The normalized spacial score (nSPS) is 20.2. The van der Waals surface area contributed by atoms with Gasteiger partial charge in [0.2, 0.25) is 0 Å². The van der Waals surface area contributed by atoms with E-state index in [0.29, 0.717) is 12.0 Å². The highest BCUT2D eigenvalue weighted by Crippen LogP contribution is 2.28. The summed E-state index contributed by atoms with van der Waals surface area (Å²) in [6.07, 6.45) is 2.69. The minimum absolute atomic E-state index is 0. The number of hydrogen-bond acceptors (Lipinski definition) is 4. The van der Waals surface area contributed by atoms with E-state index in [1.54, 1.807) is 0 Å². The number of morpholine rings is 1. The molecule has 6 nitrogen and oxygen atoms in total. The van der Waals surface area contributed by atoms with E-state index in [-0.39, 0.29) is 24.0 Å². The molecular formula is C18H37IN4O2. The van der Waals surface area contributed by atoms with Gasteiger partial charge in [-0.15, -0.1) is 24.0 Å². The molecule has 2 fully saturated rings. The topological polar surface area (TPSA) is 58.1 Å². The third-order valence-corrected chi connectivity index (χ3v) is 4.65. The molecule has 1 heterocycles. The predicted octanol–water partition coefficient (Wildman–Crippen LogP) is 1.94. The second kappa shape index (κ2) is 13.1. The van der Waals surface area contributed by atoms with Gasteiger partial charge < -0.3 is 20.1 Å². The van der Waals surface area contributed by atoms with Crippen molar-refractivity contribution in [3.63, 3.8) is 0 Å². The highest BCUT2D eigenvalue weighted by atomic mass is 127. The van der Waals surface area contributed by atoms with Crippen LogP contribution in [0.15, 0.2) is 4.99 Å². The minimum Gasteiger partial charge on any atom is -0.379 e. The number of aliphatic imine (C=N–C) groups is 1. The molecule has 2 rings (SSSR count). The van der Waals surface area contributed by atoms with Gasteiger partial charge in [-0.3, -0.25) is 9.89 Å². The van der Waals surface area contributed by atoms with Crippen molar-refractivity contribution >= 4 is 29.9 Å². The third kappa shape index (κ3) is 9.40. The van der Waals surface area contributed by atoms with E-state index >= 15 is 0 Å². The van der Waals surface area contributed by atoms with Gasteiger partial charge in [-0.2, -0.15) is 0 Å². The van der Waals surface area contributed by atoms with Gasteiger partial charge >= 0.3 is 0 Å². The van der Waals surface area contributed by atoms with Gasteiger partial charge in [0.15, 0.2) is 5.96 Å². The van der Waals surface area contributed by atoms with Crippen LogP contribution >= 0.6 is 24.0 Å². The molecule has 25 heavy (non-hydrogen) atoms. The van der Waals surface area contributed by atoms with E-state index in [1.807, 2.05) is 0 Å². The van der Waals surface area contributed by atoms with Crippen molar-refractivity contribution in [2.75, 3.05) is 59.2 Å². The van der Waals surface area contributed by atoms with Gasteiger partial charge in [0.1, 0.15) is 0 Å². The number of guanidine groups is 1. The zero-order valence-corrected chi connectivity index (χ0v) is 18.5. The Morgan fingerprint density at radius 2 is 1.96 bits per heavy atom. The van der Waals surface area contributed by atoms with Crippen molar-refractivity contribution in [1.82, 2.24) is 15.5 Å². The van der Waals surface area contributed by atoms with Crippen LogP contribution in [0.3, 0.4) is 0 Å². The van der Waals surface area contributed by atoms with E-state index in [4.69, 9.17) is 14.5 Å². The summed E-state index contributed by atoms with van der Waals surface area (Å²) in [5, 5.41) is 6.71.